The van der Waals surface area contributed by atoms with Gasteiger partial charge < -0.3 is 4.90 Å². The van der Waals surface area contributed by atoms with Crippen molar-refractivity contribution in [3.05, 3.63) is 60.2 Å². The Hall–Kier alpha value is -2.87. The Labute approximate surface area is 171 Å². The van der Waals surface area contributed by atoms with Gasteiger partial charge in [-0.3, -0.25) is 14.4 Å². The zero-order chi connectivity index (χ0) is 21.0. The summed E-state index contributed by atoms with van der Waals surface area (Å²) in [7, 11) is -1.60. The molecular formula is C21H25N3O4S. The molecule has 154 valence electrons. The molecule has 1 heterocycles. The van der Waals surface area contributed by atoms with Crippen LogP contribution in [-0.4, -0.2) is 51.5 Å². The van der Waals surface area contributed by atoms with Crippen LogP contribution in [-0.2, 0) is 10.0 Å². The van der Waals surface area contributed by atoms with Crippen molar-refractivity contribution < 1.29 is 18.0 Å². The summed E-state index contributed by atoms with van der Waals surface area (Å²) in [5.41, 5.74) is 1.81. The molecule has 2 aromatic rings. The van der Waals surface area contributed by atoms with Gasteiger partial charge in [-0.25, -0.2) is 13.2 Å². The quantitative estimate of drug-likeness (QED) is 0.760. The molecule has 0 atom stereocenters. The Morgan fingerprint density at radius 2 is 1.59 bits per heavy atom. The third-order valence-electron chi connectivity index (χ3n) is 5.04. The molecule has 1 aliphatic rings. The van der Waals surface area contributed by atoms with E-state index in [1.165, 1.54) is 0 Å². The fourth-order valence-corrected chi connectivity index (χ4v) is 4.02. The lowest BCUT2D eigenvalue weighted by Crippen LogP contribution is -2.46. The van der Waals surface area contributed by atoms with Gasteiger partial charge in [-0.1, -0.05) is 18.2 Å². The second kappa shape index (κ2) is 8.65. The van der Waals surface area contributed by atoms with Crippen LogP contribution >= 0.6 is 0 Å². The van der Waals surface area contributed by atoms with Crippen LogP contribution in [0.3, 0.4) is 0 Å². The first-order valence-corrected chi connectivity index (χ1v) is 11.3. The van der Waals surface area contributed by atoms with Crippen molar-refractivity contribution in [2.45, 2.75) is 12.8 Å². The van der Waals surface area contributed by atoms with Gasteiger partial charge in [0, 0.05) is 43.0 Å². The van der Waals surface area contributed by atoms with Gasteiger partial charge in [-0.2, -0.15) is 0 Å². The highest BCUT2D eigenvalue weighted by Gasteiger charge is 2.29. The number of Topliss-reactive ketones (excluding diaryl/α,β-unsaturated/α-hetero) is 1. The summed E-state index contributed by atoms with van der Waals surface area (Å²) < 4.78 is 24.9. The van der Waals surface area contributed by atoms with E-state index in [-0.39, 0.29) is 17.7 Å². The number of urea groups is 1. The molecule has 1 N–H and O–H groups in total. The Kier molecular flexibility index (Phi) is 6.22. The number of para-hydroxylation sites is 1. The van der Waals surface area contributed by atoms with Crippen LogP contribution < -0.4 is 9.62 Å². The molecule has 1 saturated heterocycles. The predicted octanol–water partition coefficient (Wildman–Crippen LogP) is 3.21. The molecule has 0 aromatic heterocycles. The number of amides is 2. The molecule has 7 nitrogen and oxygen atoms in total. The van der Waals surface area contributed by atoms with Gasteiger partial charge >= 0.3 is 6.03 Å². The lowest BCUT2D eigenvalue weighted by molar-refractivity contribution is 0.0857. The van der Waals surface area contributed by atoms with E-state index in [2.05, 4.69) is 4.72 Å². The summed E-state index contributed by atoms with van der Waals surface area (Å²) in [4.78, 5) is 28.9. The normalized spacial score (nSPS) is 15.0. The number of carbonyl (C=O) groups is 2. The number of likely N-dealkylation sites (tertiary alicyclic amines) is 1. The van der Waals surface area contributed by atoms with Crippen LogP contribution in [0.5, 0.6) is 0 Å². The minimum atomic E-state index is -3.35. The van der Waals surface area contributed by atoms with Crippen molar-refractivity contribution >= 4 is 33.2 Å². The number of rotatable bonds is 5. The van der Waals surface area contributed by atoms with Gasteiger partial charge in [0.15, 0.2) is 5.78 Å². The molecule has 1 fully saturated rings. The van der Waals surface area contributed by atoms with E-state index >= 15 is 0 Å². The van der Waals surface area contributed by atoms with E-state index in [4.69, 9.17) is 0 Å². The van der Waals surface area contributed by atoms with Gasteiger partial charge in [-0.15, -0.1) is 0 Å². The average molecular weight is 416 g/mol. The highest BCUT2D eigenvalue weighted by molar-refractivity contribution is 7.92. The van der Waals surface area contributed by atoms with Crippen molar-refractivity contribution in [1.29, 1.82) is 0 Å². The third kappa shape index (κ3) is 5.35. The number of benzene rings is 2. The summed E-state index contributed by atoms with van der Waals surface area (Å²) >= 11 is 0. The zero-order valence-corrected chi connectivity index (χ0v) is 17.4. The molecular weight excluding hydrogens is 390 g/mol. The molecule has 0 unspecified atom stereocenters. The van der Waals surface area contributed by atoms with Crippen LogP contribution in [0, 0.1) is 5.92 Å². The molecule has 3 rings (SSSR count). The summed E-state index contributed by atoms with van der Waals surface area (Å²) in [6.45, 7) is 1.06. The fraction of sp³-hybridized carbons (Fsp3) is 0.333. The van der Waals surface area contributed by atoms with E-state index in [9.17, 15) is 18.0 Å². The SMILES string of the molecule is CN(C(=O)N1CCC(C(=O)c2ccc(NS(C)(=O)=O)cc2)CC1)c1ccccc1. The first-order chi connectivity index (χ1) is 13.7. The summed E-state index contributed by atoms with van der Waals surface area (Å²) in [6.07, 6.45) is 2.30. The van der Waals surface area contributed by atoms with Crippen LogP contribution in [0.2, 0.25) is 0 Å². The maximum Gasteiger partial charge on any atom is 0.324 e. The number of piperidine rings is 1. The maximum absolute atomic E-state index is 12.8. The van der Waals surface area contributed by atoms with Crippen molar-refractivity contribution in [2.24, 2.45) is 5.92 Å². The highest BCUT2D eigenvalue weighted by Crippen LogP contribution is 2.24. The molecule has 0 bridgehead atoms. The minimum absolute atomic E-state index is 0.0272. The predicted molar refractivity (Wildman–Crippen MR) is 114 cm³/mol. The van der Waals surface area contributed by atoms with Gasteiger partial charge in [0.25, 0.3) is 0 Å². The smallest absolute Gasteiger partial charge is 0.324 e. The van der Waals surface area contributed by atoms with E-state index in [0.717, 1.165) is 11.9 Å². The zero-order valence-electron chi connectivity index (χ0n) is 16.5. The van der Waals surface area contributed by atoms with Crippen molar-refractivity contribution in [2.75, 3.05) is 36.0 Å². The lowest BCUT2D eigenvalue weighted by atomic mass is 9.89. The molecule has 0 spiro atoms. The Morgan fingerprint density at radius 3 is 2.14 bits per heavy atom. The molecule has 0 radical (unpaired) electrons. The lowest BCUT2D eigenvalue weighted by Gasteiger charge is -2.34. The van der Waals surface area contributed by atoms with Crippen molar-refractivity contribution in [3.63, 3.8) is 0 Å². The van der Waals surface area contributed by atoms with Gasteiger partial charge in [0.1, 0.15) is 0 Å². The van der Waals surface area contributed by atoms with Crippen LogP contribution in [0.1, 0.15) is 23.2 Å². The summed E-state index contributed by atoms with van der Waals surface area (Å²) in [5.74, 6) is -0.116. The van der Waals surface area contributed by atoms with Crippen molar-refractivity contribution in [3.8, 4) is 0 Å². The molecule has 0 aliphatic carbocycles. The number of nitrogens with zero attached hydrogens (tertiary/aromatic N) is 2. The number of sulfonamides is 1. The number of anilines is 2. The largest absolute Gasteiger partial charge is 0.324 e. The number of hydrogen-bond acceptors (Lipinski definition) is 4. The Morgan fingerprint density at radius 1 is 1.00 bits per heavy atom. The van der Waals surface area contributed by atoms with E-state index in [0.29, 0.717) is 37.2 Å². The number of nitrogens with one attached hydrogen (secondary N) is 1. The monoisotopic (exact) mass is 415 g/mol. The van der Waals surface area contributed by atoms with E-state index in [1.807, 2.05) is 30.3 Å². The summed E-state index contributed by atoms with van der Waals surface area (Å²) in [6, 6.07) is 15.8. The second-order valence-corrected chi connectivity index (χ2v) is 9.00. The van der Waals surface area contributed by atoms with E-state index in [1.54, 1.807) is 41.1 Å². The number of hydrogen-bond donors (Lipinski definition) is 1. The molecule has 8 heteroatoms. The second-order valence-electron chi connectivity index (χ2n) is 7.25. The first-order valence-electron chi connectivity index (χ1n) is 9.44. The molecule has 1 aliphatic heterocycles. The van der Waals surface area contributed by atoms with Gasteiger partial charge in [0.05, 0.1) is 6.26 Å². The molecule has 2 aromatic carbocycles. The highest BCUT2D eigenvalue weighted by atomic mass is 32.2. The minimum Gasteiger partial charge on any atom is -0.324 e. The Bertz CT molecular complexity index is 967. The maximum atomic E-state index is 12.8. The standard InChI is InChI=1S/C21H25N3O4S/c1-23(19-6-4-3-5-7-19)21(26)24-14-12-17(13-15-24)20(25)16-8-10-18(11-9-16)22-29(2,27)28/h3-11,17,22H,12-15H2,1-2H3. The van der Waals surface area contributed by atoms with Crippen LogP contribution in [0.25, 0.3) is 0 Å². The average Bonchev–Trinajstić information content (AvgIpc) is 2.72. The summed E-state index contributed by atoms with van der Waals surface area (Å²) in [5, 5.41) is 0. The van der Waals surface area contributed by atoms with Crippen LogP contribution in [0.4, 0.5) is 16.2 Å². The van der Waals surface area contributed by atoms with E-state index < -0.39 is 10.0 Å². The topological polar surface area (TPSA) is 86.8 Å². The molecule has 0 saturated carbocycles. The number of carbonyl (C=O) groups excluding carboxylic acids is 2. The van der Waals surface area contributed by atoms with Gasteiger partial charge in [-0.05, 0) is 49.2 Å². The van der Waals surface area contributed by atoms with Crippen molar-refractivity contribution in [1.82, 2.24) is 4.90 Å². The molecule has 29 heavy (non-hydrogen) atoms. The Balaban J connectivity index is 1.57. The van der Waals surface area contributed by atoms with Gasteiger partial charge in [0.2, 0.25) is 10.0 Å². The number of ketones is 1. The fourth-order valence-electron chi connectivity index (χ4n) is 3.46. The third-order valence-corrected chi connectivity index (χ3v) is 5.65. The van der Waals surface area contributed by atoms with Crippen LogP contribution in [0.15, 0.2) is 54.6 Å². The first kappa shape index (κ1) is 20.9. The molecule has 2 amide bonds.